The maximum absolute atomic E-state index is 5.45. The molecule has 1 aliphatic heterocycles. The second-order valence-electron chi connectivity index (χ2n) is 3.81. The molecule has 1 unspecified atom stereocenters. The third-order valence-corrected chi connectivity index (χ3v) is 3.52. The fraction of sp³-hybridized carbons (Fsp3) is 0.385. The zero-order chi connectivity index (χ0) is 10.5. The van der Waals surface area contributed by atoms with Gasteiger partial charge in [0.2, 0.25) is 0 Å². The molecule has 0 N–H and O–H groups in total. The van der Waals surface area contributed by atoms with Gasteiger partial charge in [-0.25, -0.2) is 0 Å². The lowest BCUT2D eigenvalue weighted by atomic mass is 9.95. The molecule has 2 heterocycles. The lowest BCUT2D eigenvalue weighted by Crippen LogP contribution is -2.13. The Morgan fingerprint density at radius 2 is 2.53 bits per heavy atom. The summed E-state index contributed by atoms with van der Waals surface area (Å²) < 4.78 is 5.45. The smallest absolute Gasteiger partial charge is 0.0922 e. The largest absolute Gasteiger partial charge is 0.498 e. The van der Waals surface area contributed by atoms with E-state index in [4.69, 9.17) is 4.74 Å². The fourth-order valence-corrected chi connectivity index (χ4v) is 2.44. The van der Waals surface area contributed by atoms with E-state index in [2.05, 4.69) is 36.2 Å². The summed E-state index contributed by atoms with van der Waals surface area (Å²) in [5, 5.41) is 2.10. The summed E-state index contributed by atoms with van der Waals surface area (Å²) >= 11 is 1.77. The lowest BCUT2D eigenvalue weighted by Gasteiger charge is -2.23. The van der Waals surface area contributed by atoms with Crippen molar-refractivity contribution in [2.24, 2.45) is 5.92 Å². The van der Waals surface area contributed by atoms with Gasteiger partial charge in [-0.05, 0) is 36.8 Å². The van der Waals surface area contributed by atoms with Crippen LogP contribution in [0.2, 0.25) is 0 Å². The third kappa shape index (κ3) is 2.96. The molecule has 1 atom stereocenters. The van der Waals surface area contributed by atoms with Crippen LogP contribution >= 0.6 is 11.3 Å². The van der Waals surface area contributed by atoms with Crippen LogP contribution < -0.4 is 0 Å². The average molecular weight is 220 g/mol. The quantitative estimate of drug-likeness (QED) is 0.745. The van der Waals surface area contributed by atoms with Gasteiger partial charge >= 0.3 is 0 Å². The van der Waals surface area contributed by atoms with E-state index in [9.17, 15) is 0 Å². The van der Waals surface area contributed by atoms with Gasteiger partial charge in [-0.1, -0.05) is 18.7 Å². The Morgan fingerprint density at radius 1 is 1.60 bits per heavy atom. The van der Waals surface area contributed by atoms with Crippen LogP contribution in [0.3, 0.4) is 0 Å². The van der Waals surface area contributed by atoms with Gasteiger partial charge in [-0.3, -0.25) is 0 Å². The Labute approximate surface area is 95.1 Å². The molecule has 0 bridgehead atoms. The molecule has 2 rings (SSSR count). The first-order valence-electron chi connectivity index (χ1n) is 5.38. The van der Waals surface area contributed by atoms with Crippen molar-refractivity contribution < 1.29 is 4.74 Å². The summed E-state index contributed by atoms with van der Waals surface area (Å²) in [4.78, 5) is 1.32. The highest BCUT2D eigenvalue weighted by Crippen LogP contribution is 2.26. The normalized spacial score (nSPS) is 21.9. The highest BCUT2D eigenvalue weighted by molar-refractivity contribution is 7.10. The van der Waals surface area contributed by atoms with Crippen LogP contribution in [-0.2, 0) is 4.74 Å². The first-order valence-corrected chi connectivity index (χ1v) is 6.26. The number of allylic oxidation sites excluding steroid dienone is 2. The van der Waals surface area contributed by atoms with E-state index in [-0.39, 0.29) is 0 Å². The van der Waals surface area contributed by atoms with Crippen LogP contribution in [0.15, 0.2) is 35.9 Å². The summed E-state index contributed by atoms with van der Waals surface area (Å²) in [7, 11) is 0. The molecule has 1 saturated heterocycles. The zero-order valence-electron chi connectivity index (χ0n) is 8.82. The number of rotatable bonds is 3. The molecule has 0 radical (unpaired) electrons. The Balaban J connectivity index is 1.84. The van der Waals surface area contributed by atoms with Gasteiger partial charge < -0.3 is 4.74 Å². The third-order valence-electron chi connectivity index (χ3n) is 2.69. The monoisotopic (exact) mass is 220 g/mol. The predicted molar refractivity (Wildman–Crippen MR) is 65.8 cm³/mol. The zero-order valence-corrected chi connectivity index (χ0v) is 9.63. The Bertz CT molecular complexity index is 337. The number of thiophene rings is 1. The molecular weight excluding hydrogens is 204 g/mol. The topological polar surface area (TPSA) is 9.23 Å². The van der Waals surface area contributed by atoms with E-state index in [1.165, 1.54) is 11.3 Å². The van der Waals surface area contributed by atoms with E-state index in [0.29, 0.717) is 5.92 Å². The van der Waals surface area contributed by atoms with Gasteiger partial charge in [0.25, 0.3) is 0 Å². The summed E-state index contributed by atoms with van der Waals surface area (Å²) in [5.41, 5.74) is 0. The van der Waals surface area contributed by atoms with E-state index in [1.807, 2.05) is 0 Å². The molecule has 0 aromatic carbocycles. The van der Waals surface area contributed by atoms with Gasteiger partial charge in [-0.2, -0.15) is 0 Å². The van der Waals surface area contributed by atoms with E-state index < -0.39 is 0 Å². The first-order chi connectivity index (χ1) is 7.36. The Morgan fingerprint density at radius 3 is 3.27 bits per heavy atom. The van der Waals surface area contributed by atoms with Crippen LogP contribution in [0.25, 0.3) is 6.08 Å². The van der Waals surface area contributed by atoms with E-state index in [0.717, 1.165) is 25.2 Å². The molecule has 0 amide bonds. The summed E-state index contributed by atoms with van der Waals surface area (Å²) in [6, 6.07) is 4.21. The minimum absolute atomic E-state index is 0.523. The minimum Gasteiger partial charge on any atom is -0.498 e. The average Bonchev–Trinajstić information content (AvgIpc) is 2.74. The molecule has 1 aliphatic rings. The van der Waals surface area contributed by atoms with E-state index in [1.54, 1.807) is 11.3 Å². The molecule has 80 valence electrons. The molecule has 15 heavy (non-hydrogen) atoms. The van der Waals surface area contributed by atoms with Gasteiger partial charge in [0.1, 0.15) is 0 Å². The van der Waals surface area contributed by atoms with Crippen molar-refractivity contribution in [1.82, 2.24) is 0 Å². The standard InChI is InChI=1S/C13H16OS/c1-11-12(6-3-9-14-11)5-2-7-13-8-4-10-15-13/h2,4,7-8,10,12H,1,3,5-6,9H2/b7-2+. The van der Waals surface area contributed by atoms with Gasteiger partial charge in [0, 0.05) is 10.8 Å². The van der Waals surface area contributed by atoms with Crippen LogP contribution in [0.5, 0.6) is 0 Å². The SMILES string of the molecule is C=C1OCCCC1C/C=C/c1cccs1. The predicted octanol–water partition coefficient (Wildman–Crippen LogP) is 4.09. The van der Waals surface area contributed by atoms with Crippen molar-refractivity contribution in [3.63, 3.8) is 0 Å². The summed E-state index contributed by atoms with van der Waals surface area (Å²) in [6.07, 6.45) is 7.85. The molecule has 0 spiro atoms. The molecule has 1 aromatic heterocycles. The van der Waals surface area contributed by atoms with Crippen LogP contribution in [0.1, 0.15) is 24.1 Å². The number of hydrogen-bond acceptors (Lipinski definition) is 2. The molecule has 1 nitrogen and oxygen atoms in total. The van der Waals surface area contributed by atoms with Crippen molar-refractivity contribution in [2.75, 3.05) is 6.61 Å². The fourth-order valence-electron chi connectivity index (χ4n) is 1.80. The number of ether oxygens (including phenoxy) is 1. The van der Waals surface area contributed by atoms with Crippen molar-refractivity contribution in [3.05, 3.63) is 40.8 Å². The second-order valence-corrected chi connectivity index (χ2v) is 4.79. The summed E-state index contributed by atoms with van der Waals surface area (Å²) in [5.74, 6) is 1.49. The van der Waals surface area contributed by atoms with Crippen molar-refractivity contribution in [2.45, 2.75) is 19.3 Å². The highest BCUT2D eigenvalue weighted by atomic mass is 32.1. The molecule has 2 heteroatoms. The number of hydrogen-bond donors (Lipinski definition) is 0. The Kier molecular flexibility index (Phi) is 3.62. The summed E-state index contributed by atoms with van der Waals surface area (Å²) in [6.45, 7) is 4.81. The molecule has 1 aromatic rings. The van der Waals surface area contributed by atoms with Crippen LogP contribution in [-0.4, -0.2) is 6.61 Å². The van der Waals surface area contributed by atoms with Gasteiger partial charge in [0.15, 0.2) is 0 Å². The second kappa shape index (κ2) is 5.17. The highest BCUT2D eigenvalue weighted by Gasteiger charge is 2.16. The van der Waals surface area contributed by atoms with Crippen molar-refractivity contribution in [1.29, 1.82) is 0 Å². The molecular formula is C13H16OS. The van der Waals surface area contributed by atoms with Gasteiger partial charge in [0.05, 0.1) is 12.4 Å². The molecule has 0 aliphatic carbocycles. The minimum atomic E-state index is 0.523. The van der Waals surface area contributed by atoms with Crippen LogP contribution in [0.4, 0.5) is 0 Å². The maximum atomic E-state index is 5.45. The molecule has 1 fully saturated rings. The van der Waals surface area contributed by atoms with Gasteiger partial charge in [-0.15, -0.1) is 11.3 Å². The maximum Gasteiger partial charge on any atom is 0.0922 e. The van der Waals surface area contributed by atoms with Crippen molar-refractivity contribution >= 4 is 17.4 Å². The Hall–Kier alpha value is -1.02. The molecule has 0 saturated carbocycles. The van der Waals surface area contributed by atoms with Crippen molar-refractivity contribution in [3.8, 4) is 0 Å². The first kappa shape index (κ1) is 10.5. The lowest BCUT2D eigenvalue weighted by molar-refractivity contribution is 0.130. The van der Waals surface area contributed by atoms with E-state index >= 15 is 0 Å². The van der Waals surface area contributed by atoms with Crippen LogP contribution in [0, 0.1) is 5.92 Å².